The van der Waals surface area contributed by atoms with Crippen molar-refractivity contribution >= 4 is 33.8 Å². The quantitative estimate of drug-likeness (QED) is 0.496. The SMILES string of the molecule is CCCC(=O)C(=O)Nc1nnc(-c2ccc([N+](=O)[O-])cc2)s1. The highest BCUT2D eigenvalue weighted by Crippen LogP contribution is 2.27. The Morgan fingerprint density at radius 3 is 2.55 bits per heavy atom. The van der Waals surface area contributed by atoms with Crippen molar-refractivity contribution in [3.63, 3.8) is 0 Å². The first kappa shape index (κ1) is 15.7. The zero-order chi connectivity index (χ0) is 16.1. The largest absolute Gasteiger partial charge is 0.294 e. The minimum atomic E-state index is -0.715. The van der Waals surface area contributed by atoms with Gasteiger partial charge in [-0.1, -0.05) is 18.3 Å². The molecule has 2 aromatic rings. The molecule has 0 saturated carbocycles. The Hall–Kier alpha value is -2.68. The van der Waals surface area contributed by atoms with E-state index in [1.807, 2.05) is 6.92 Å². The number of ketones is 1. The third-order valence-electron chi connectivity index (χ3n) is 2.70. The molecular formula is C13H12N4O4S. The normalized spacial score (nSPS) is 10.2. The summed E-state index contributed by atoms with van der Waals surface area (Å²) in [5, 5.41) is 21.4. The van der Waals surface area contributed by atoms with Crippen LogP contribution in [0.1, 0.15) is 19.8 Å². The van der Waals surface area contributed by atoms with Crippen molar-refractivity contribution in [3.05, 3.63) is 34.4 Å². The molecule has 1 aromatic heterocycles. The molecule has 0 radical (unpaired) electrons. The molecule has 0 bridgehead atoms. The van der Waals surface area contributed by atoms with Gasteiger partial charge in [-0.15, -0.1) is 10.2 Å². The van der Waals surface area contributed by atoms with Gasteiger partial charge in [0, 0.05) is 24.1 Å². The maximum Gasteiger partial charge on any atom is 0.293 e. The van der Waals surface area contributed by atoms with Crippen LogP contribution in [0.5, 0.6) is 0 Å². The number of anilines is 1. The number of nitro groups is 1. The van der Waals surface area contributed by atoms with Gasteiger partial charge in [0.05, 0.1) is 4.92 Å². The van der Waals surface area contributed by atoms with Crippen molar-refractivity contribution in [1.29, 1.82) is 0 Å². The number of benzene rings is 1. The van der Waals surface area contributed by atoms with Crippen molar-refractivity contribution in [1.82, 2.24) is 10.2 Å². The summed E-state index contributed by atoms with van der Waals surface area (Å²) in [6.45, 7) is 1.81. The van der Waals surface area contributed by atoms with Crippen LogP contribution in [0.25, 0.3) is 10.6 Å². The number of nitro benzene ring substituents is 1. The van der Waals surface area contributed by atoms with Crippen molar-refractivity contribution in [2.24, 2.45) is 0 Å². The average Bonchev–Trinajstić information content (AvgIpc) is 2.96. The Bertz CT molecular complexity index is 711. The molecule has 0 aliphatic heterocycles. The lowest BCUT2D eigenvalue weighted by atomic mass is 10.2. The second-order valence-corrected chi connectivity index (χ2v) is 5.32. The molecule has 114 valence electrons. The molecule has 8 nitrogen and oxygen atoms in total. The molecule has 0 atom stereocenters. The third kappa shape index (κ3) is 3.70. The van der Waals surface area contributed by atoms with E-state index in [2.05, 4.69) is 15.5 Å². The van der Waals surface area contributed by atoms with Gasteiger partial charge in [0.1, 0.15) is 5.01 Å². The van der Waals surface area contributed by atoms with Crippen LogP contribution in [-0.2, 0) is 9.59 Å². The first-order valence-corrected chi connectivity index (χ1v) is 7.25. The van der Waals surface area contributed by atoms with Crippen molar-refractivity contribution < 1.29 is 14.5 Å². The van der Waals surface area contributed by atoms with E-state index in [4.69, 9.17) is 0 Å². The summed E-state index contributed by atoms with van der Waals surface area (Å²) >= 11 is 1.09. The standard InChI is InChI=1S/C13H12N4O4S/c1-2-3-10(18)11(19)14-13-16-15-12(22-13)8-4-6-9(7-5-8)17(20)21/h4-7H,2-3H2,1H3,(H,14,16,19). The van der Waals surface area contributed by atoms with Crippen LogP contribution in [0, 0.1) is 10.1 Å². The summed E-state index contributed by atoms with van der Waals surface area (Å²) in [6.07, 6.45) is 0.774. The molecule has 0 unspecified atom stereocenters. The number of carbonyl (C=O) groups excluding carboxylic acids is 2. The average molecular weight is 320 g/mol. The van der Waals surface area contributed by atoms with Crippen molar-refractivity contribution in [2.75, 3.05) is 5.32 Å². The van der Waals surface area contributed by atoms with E-state index < -0.39 is 16.6 Å². The topological polar surface area (TPSA) is 115 Å². The Morgan fingerprint density at radius 2 is 1.95 bits per heavy atom. The number of aromatic nitrogens is 2. The Morgan fingerprint density at radius 1 is 1.27 bits per heavy atom. The highest BCUT2D eigenvalue weighted by Gasteiger charge is 2.16. The zero-order valence-corrected chi connectivity index (χ0v) is 12.4. The molecule has 0 aliphatic carbocycles. The van der Waals surface area contributed by atoms with Crippen molar-refractivity contribution in [3.8, 4) is 10.6 Å². The maximum absolute atomic E-state index is 11.6. The highest BCUT2D eigenvalue weighted by molar-refractivity contribution is 7.18. The van der Waals surface area contributed by atoms with Crippen LogP contribution in [0.2, 0.25) is 0 Å². The molecule has 2 rings (SSSR count). The molecule has 22 heavy (non-hydrogen) atoms. The fraction of sp³-hybridized carbons (Fsp3) is 0.231. The van der Waals surface area contributed by atoms with Crippen LogP contribution >= 0.6 is 11.3 Å². The second kappa shape index (κ2) is 6.85. The van der Waals surface area contributed by atoms with E-state index in [0.717, 1.165) is 11.3 Å². The molecule has 0 aliphatic rings. The number of carbonyl (C=O) groups is 2. The minimum absolute atomic E-state index is 0.0213. The second-order valence-electron chi connectivity index (χ2n) is 4.34. The smallest absolute Gasteiger partial charge is 0.293 e. The fourth-order valence-electron chi connectivity index (χ4n) is 1.62. The number of hydrogen-bond donors (Lipinski definition) is 1. The monoisotopic (exact) mass is 320 g/mol. The van der Waals surface area contributed by atoms with Gasteiger partial charge in [0.25, 0.3) is 11.6 Å². The first-order chi connectivity index (χ1) is 10.5. The summed E-state index contributed by atoms with van der Waals surface area (Å²) in [4.78, 5) is 33.1. The number of rotatable bonds is 6. The summed E-state index contributed by atoms with van der Waals surface area (Å²) in [6, 6.07) is 5.82. The highest BCUT2D eigenvalue weighted by atomic mass is 32.1. The van der Waals surface area contributed by atoms with Gasteiger partial charge in [-0.3, -0.25) is 25.0 Å². The Labute approximate surface area is 129 Å². The number of amides is 1. The Balaban J connectivity index is 2.09. The molecule has 0 spiro atoms. The minimum Gasteiger partial charge on any atom is -0.294 e. The number of non-ortho nitro benzene ring substituents is 1. The number of Topliss-reactive ketones (excluding diaryl/α,β-unsaturated/α-hetero) is 1. The van der Waals surface area contributed by atoms with Gasteiger partial charge >= 0.3 is 0 Å². The lowest BCUT2D eigenvalue weighted by Crippen LogP contribution is -2.22. The zero-order valence-electron chi connectivity index (χ0n) is 11.6. The summed E-state index contributed by atoms with van der Waals surface area (Å²) in [5.41, 5.74) is 0.621. The summed E-state index contributed by atoms with van der Waals surface area (Å²) < 4.78 is 0. The Kier molecular flexibility index (Phi) is 4.89. The van der Waals surface area contributed by atoms with Gasteiger partial charge < -0.3 is 0 Å². The van der Waals surface area contributed by atoms with Gasteiger partial charge in [-0.25, -0.2) is 0 Å². The van der Waals surface area contributed by atoms with Gasteiger partial charge in [-0.2, -0.15) is 0 Å². The number of hydrogen-bond acceptors (Lipinski definition) is 7. The lowest BCUT2D eigenvalue weighted by Gasteiger charge is -1.98. The van der Waals surface area contributed by atoms with Crippen LogP contribution in [-0.4, -0.2) is 26.8 Å². The van der Waals surface area contributed by atoms with E-state index in [-0.39, 0.29) is 17.2 Å². The molecule has 1 heterocycles. The van der Waals surface area contributed by atoms with E-state index in [1.54, 1.807) is 12.1 Å². The third-order valence-corrected chi connectivity index (χ3v) is 3.59. The van der Waals surface area contributed by atoms with E-state index in [9.17, 15) is 19.7 Å². The maximum atomic E-state index is 11.6. The molecule has 0 fully saturated rings. The van der Waals surface area contributed by atoms with E-state index >= 15 is 0 Å². The number of nitrogens with zero attached hydrogens (tertiary/aromatic N) is 3. The van der Waals surface area contributed by atoms with E-state index in [1.165, 1.54) is 12.1 Å². The fourth-order valence-corrected chi connectivity index (χ4v) is 2.37. The predicted octanol–water partition coefficient (Wildman–Crippen LogP) is 2.42. The van der Waals surface area contributed by atoms with Crippen LogP contribution < -0.4 is 5.32 Å². The number of nitrogens with one attached hydrogen (secondary N) is 1. The molecular weight excluding hydrogens is 308 g/mol. The molecule has 9 heteroatoms. The molecule has 1 aromatic carbocycles. The van der Waals surface area contributed by atoms with E-state index in [0.29, 0.717) is 17.0 Å². The van der Waals surface area contributed by atoms with Gasteiger partial charge in [0.15, 0.2) is 0 Å². The summed E-state index contributed by atoms with van der Waals surface area (Å²) in [5.74, 6) is -1.22. The van der Waals surface area contributed by atoms with Gasteiger partial charge in [-0.05, 0) is 18.6 Å². The first-order valence-electron chi connectivity index (χ1n) is 6.43. The van der Waals surface area contributed by atoms with Gasteiger partial charge in [0.2, 0.25) is 10.9 Å². The predicted molar refractivity (Wildman–Crippen MR) is 80.5 cm³/mol. The van der Waals surface area contributed by atoms with Crippen molar-refractivity contribution in [2.45, 2.75) is 19.8 Å². The van der Waals surface area contributed by atoms with Crippen LogP contribution in [0.15, 0.2) is 24.3 Å². The molecule has 1 N–H and O–H groups in total. The van der Waals surface area contributed by atoms with Crippen LogP contribution in [0.3, 0.4) is 0 Å². The molecule has 1 amide bonds. The lowest BCUT2D eigenvalue weighted by molar-refractivity contribution is -0.384. The summed E-state index contributed by atoms with van der Waals surface area (Å²) in [7, 11) is 0. The van der Waals surface area contributed by atoms with Crippen LogP contribution in [0.4, 0.5) is 10.8 Å². The molecule has 0 saturated heterocycles.